The first kappa shape index (κ1) is 12.1. The topological polar surface area (TPSA) is 117 Å². The predicted molar refractivity (Wildman–Crippen MR) is 46.3 cm³/mol. The number of nitrogens with one attached hydrogen (secondary N) is 1. The van der Waals surface area contributed by atoms with Gasteiger partial charge in [-0.2, -0.15) is 0 Å². The molecule has 1 atom stereocenters. The van der Waals surface area contributed by atoms with Gasteiger partial charge < -0.3 is 0 Å². The zero-order valence-electron chi connectivity index (χ0n) is 6.60. The average Bonchev–Trinajstić information content (AvgIpc) is 1.84. The molecule has 0 aromatic heterocycles. The first-order chi connectivity index (χ1) is 5.33. The number of phosphoric ester groups is 1. The van der Waals surface area contributed by atoms with Gasteiger partial charge in [-0.1, -0.05) is 0 Å². The summed E-state index contributed by atoms with van der Waals surface area (Å²) in [6.07, 6.45) is 0. The van der Waals surface area contributed by atoms with E-state index >= 15 is 0 Å². The molecule has 0 saturated heterocycles. The number of nitrogens with two attached hydrogens (primary N) is 1. The molecule has 1 unspecified atom stereocenters. The van der Waals surface area contributed by atoms with Crippen LogP contribution in [-0.4, -0.2) is 35.7 Å². The zero-order chi connectivity index (χ0) is 9.78. The van der Waals surface area contributed by atoms with Gasteiger partial charge in [-0.3, -0.25) is 0 Å². The minimum absolute atomic E-state index is 0.0274. The SMILES string of the molecule is C[As](CCOP(=O)(O)O)C(=N)N. The van der Waals surface area contributed by atoms with Gasteiger partial charge >= 0.3 is 74.6 Å². The van der Waals surface area contributed by atoms with E-state index in [4.69, 9.17) is 20.9 Å². The normalized spacial score (nSPS) is 14.2. The molecule has 0 spiro atoms. The molecule has 0 aromatic carbocycles. The van der Waals surface area contributed by atoms with Crippen molar-refractivity contribution in [2.75, 3.05) is 6.61 Å². The Hall–Kier alpha value is 0.138. The molecule has 0 aliphatic rings. The first-order valence-corrected chi connectivity index (χ1v) is 8.75. The zero-order valence-corrected chi connectivity index (χ0v) is 9.37. The van der Waals surface area contributed by atoms with Crippen molar-refractivity contribution in [1.29, 1.82) is 5.41 Å². The van der Waals surface area contributed by atoms with Gasteiger partial charge in [0.2, 0.25) is 0 Å². The quantitative estimate of drug-likeness (QED) is 0.234. The molecule has 0 aliphatic heterocycles. The van der Waals surface area contributed by atoms with Crippen LogP contribution in [0.2, 0.25) is 10.9 Å². The summed E-state index contributed by atoms with van der Waals surface area (Å²) < 4.78 is 14.5. The maximum atomic E-state index is 10.2. The number of amidine groups is 1. The maximum absolute atomic E-state index is 10.2. The summed E-state index contributed by atoms with van der Waals surface area (Å²) in [6.45, 7) is -0.0274. The van der Waals surface area contributed by atoms with Crippen LogP contribution in [0, 0.1) is 5.41 Å². The molecule has 6 nitrogen and oxygen atoms in total. The van der Waals surface area contributed by atoms with E-state index in [1.807, 2.05) is 5.71 Å². The van der Waals surface area contributed by atoms with E-state index in [2.05, 4.69) is 4.52 Å². The van der Waals surface area contributed by atoms with Crippen molar-refractivity contribution in [2.45, 2.75) is 10.9 Å². The van der Waals surface area contributed by atoms with Gasteiger partial charge in [0, 0.05) is 0 Å². The molecule has 0 heterocycles. The minimum atomic E-state index is -4.34. The molecule has 0 amide bonds. The van der Waals surface area contributed by atoms with E-state index in [0.29, 0.717) is 5.21 Å². The van der Waals surface area contributed by atoms with Crippen molar-refractivity contribution in [3.8, 4) is 0 Å². The fraction of sp³-hybridized carbons (Fsp3) is 0.750. The van der Waals surface area contributed by atoms with Gasteiger partial charge in [0.25, 0.3) is 0 Å². The monoisotopic (exact) mass is 258 g/mol. The molecule has 0 saturated carbocycles. The van der Waals surface area contributed by atoms with Crippen LogP contribution in [0.1, 0.15) is 0 Å². The Labute approximate surface area is 75.1 Å². The molecule has 12 heavy (non-hydrogen) atoms. The number of rotatable bonds is 5. The van der Waals surface area contributed by atoms with Gasteiger partial charge in [-0.05, 0) is 0 Å². The van der Waals surface area contributed by atoms with Crippen molar-refractivity contribution < 1.29 is 18.9 Å². The van der Waals surface area contributed by atoms with E-state index < -0.39 is 22.5 Å². The summed E-state index contributed by atoms with van der Waals surface area (Å²) in [7, 11) is -4.34. The summed E-state index contributed by atoms with van der Waals surface area (Å²) in [5.74, 6) is 0. The summed E-state index contributed by atoms with van der Waals surface area (Å²) in [6, 6.07) is 0. The number of hydrogen-bond donors (Lipinski definition) is 4. The molecular formula is C4H12AsN2O4P. The third kappa shape index (κ3) is 6.82. The molecule has 72 valence electrons. The first-order valence-electron chi connectivity index (χ1n) is 3.08. The van der Waals surface area contributed by atoms with Crippen LogP contribution in [0.3, 0.4) is 0 Å². The van der Waals surface area contributed by atoms with Crippen LogP contribution in [0.15, 0.2) is 0 Å². The van der Waals surface area contributed by atoms with Crippen LogP contribution in [0.25, 0.3) is 0 Å². The second-order valence-electron chi connectivity index (χ2n) is 2.13. The van der Waals surface area contributed by atoms with Crippen LogP contribution in [-0.2, 0) is 9.09 Å². The van der Waals surface area contributed by atoms with E-state index in [-0.39, 0.29) is 11.2 Å². The van der Waals surface area contributed by atoms with Gasteiger partial charge in [0.05, 0.1) is 0 Å². The van der Waals surface area contributed by atoms with E-state index in [0.717, 1.165) is 0 Å². The summed E-state index contributed by atoms with van der Waals surface area (Å²) in [5, 5.41) is 7.51. The third-order valence-electron chi connectivity index (χ3n) is 1.10. The fourth-order valence-electron chi connectivity index (χ4n) is 0.417. The van der Waals surface area contributed by atoms with Crippen LogP contribution >= 0.6 is 7.82 Å². The summed E-state index contributed by atoms with van der Waals surface area (Å²) >= 11 is -1.54. The predicted octanol–water partition coefficient (Wildman–Crippen LogP) is -0.305. The molecule has 0 bridgehead atoms. The molecule has 0 radical (unpaired) electrons. The van der Waals surface area contributed by atoms with Gasteiger partial charge in [-0.25, -0.2) is 0 Å². The Balaban J connectivity index is 3.58. The van der Waals surface area contributed by atoms with E-state index in [1.165, 1.54) is 0 Å². The number of hydrogen-bond acceptors (Lipinski definition) is 3. The Bertz CT molecular complexity index is 205. The second-order valence-corrected chi connectivity index (χ2v) is 8.25. The average molecular weight is 258 g/mol. The van der Waals surface area contributed by atoms with Crippen molar-refractivity contribution in [3.63, 3.8) is 0 Å². The molecule has 8 heteroatoms. The molecule has 0 fully saturated rings. The van der Waals surface area contributed by atoms with Crippen molar-refractivity contribution in [3.05, 3.63) is 0 Å². The molecular weight excluding hydrogens is 246 g/mol. The summed E-state index contributed by atoms with van der Waals surface area (Å²) in [5.41, 5.74) is 7.02. The third-order valence-corrected chi connectivity index (χ3v) is 5.13. The molecule has 0 rings (SSSR count). The van der Waals surface area contributed by atoms with Crippen molar-refractivity contribution in [1.82, 2.24) is 0 Å². The fourth-order valence-corrected chi connectivity index (χ4v) is 2.33. The standard InChI is InChI=1S/C4H12AsN2O4P/c1-5(4(6)7)2-3-11-12(8,9)10/h2-3H2,1H3,(H3,6,7)(H2,8,9,10). The molecule has 0 aromatic rings. The van der Waals surface area contributed by atoms with E-state index in [9.17, 15) is 4.57 Å². The second kappa shape index (κ2) is 5.00. The van der Waals surface area contributed by atoms with Crippen LogP contribution in [0.4, 0.5) is 0 Å². The van der Waals surface area contributed by atoms with Crippen molar-refractivity contribution in [2.24, 2.45) is 5.73 Å². The van der Waals surface area contributed by atoms with Gasteiger partial charge in [-0.15, -0.1) is 0 Å². The molecule has 0 aliphatic carbocycles. The Morgan fingerprint density at radius 1 is 1.75 bits per heavy atom. The number of phosphoric acid groups is 1. The van der Waals surface area contributed by atoms with E-state index in [1.54, 1.807) is 0 Å². The Morgan fingerprint density at radius 2 is 2.25 bits per heavy atom. The Kier molecular flexibility index (Phi) is 5.05. The van der Waals surface area contributed by atoms with Crippen molar-refractivity contribution >= 4 is 27.1 Å². The van der Waals surface area contributed by atoms with Crippen LogP contribution < -0.4 is 5.73 Å². The van der Waals surface area contributed by atoms with Crippen LogP contribution in [0.5, 0.6) is 0 Å². The Morgan fingerprint density at radius 3 is 2.58 bits per heavy atom. The van der Waals surface area contributed by atoms with Gasteiger partial charge in [0.15, 0.2) is 0 Å². The molecule has 5 N–H and O–H groups in total. The summed E-state index contributed by atoms with van der Waals surface area (Å²) in [4.78, 5) is 16.6. The van der Waals surface area contributed by atoms with Gasteiger partial charge in [0.1, 0.15) is 0 Å².